The van der Waals surface area contributed by atoms with Crippen LogP contribution in [0.4, 0.5) is 0 Å². The van der Waals surface area contributed by atoms with Crippen LogP contribution in [0, 0.1) is 11.3 Å². The average molecular weight is 442 g/mol. The van der Waals surface area contributed by atoms with Gasteiger partial charge in [-0.25, -0.2) is 8.42 Å². The lowest BCUT2D eigenvalue weighted by Gasteiger charge is -2.23. The summed E-state index contributed by atoms with van der Waals surface area (Å²) in [6, 6.07) is 2.14. The van der Waals surface area contributed by atoms with Crippen molar-refractivity contribution >= 4 is 32.4 Å². The van der Waals surface area contributed by atoms with E-state index in [1.54, 1.807) is 24.3 Å². The molecule has 0 heterocycles. The van der Waals surface area contributed by atoms with Crippen molar-refractivity contribution in [3.05, 3.63) is 55.7 Å². The SMILES string of the molecule is CC/C(C#N)=C\C1=C(N)CC(S(=O)(=O)C2=CCCC=C2)C=C1I. The minimum atomic E-state index is -3.42. The van der Waals surface area contributed by atoms with Crippen molar-refractivity contribution in [1.82, 2.24) is 0 Å². The van der Waals surface area contributed by atoms with E-state index in [9.17, 15) is 8.42 Å². The highest BCUT2D eigenvalue weighted by Gasteiger charge is 2.31. The Bertz CT molecular complexity index is 793. The first-order chi connectivity index (χ1) is 10.9. The van der Waals surface area contributed by atoms with Gasteiger partial charge in [-0.15, -0.1) is 0 Å². The van der Waals surface area contributed by atoms with Gasteiger partial charge in [-0.3, -0.25) is 0 Å². The summed E-state index contributed by atoms with van der Waals surface area (Å²) >= 11 is 2.09. The maximum absolute atomic E-state index is 12.8. The first-order valence-corrected chi connectivity index (χ1v) is 10.1. The van der Waals surface area contributed by atoms with Crippen LogP contribution in [0.2, 0.25) is 0 Å². The largest absolute Gasteiger partial charge is 0.401 e. The summed E-state index contributed by atoms with van der Waals surface area (Å²) in [6.45, 7) is 1.90. The predicted octanol–water partition coefficient (Wildman–Crippen LogP) is 3.80. The third-order valence-electron chi connectivity index (χ3n) is 3.89. The van der Waals surface area contributed by atoms with E-state index in [-0.39, 0.29) is 6.42 Å². The number of hydrogen-bond acceptors (Lipinski definition) is 4. The van der Waals surface area contributed by atoms with E-state index in [0.717, 1.165) is 22.0 Å². The fraction of sp³-hybridized carbons (Fsp3) is 0.353. The lowest BCUT2D eigenvalue weighted by Crippen LogP contribution is -2.26. The molecule has 0 aromatic heterocycles. The van der Waals surface area contributed by atoms with Crippen LogP contribution in [0.15, 0.2) is 55.7 Å². The average Bonchev–Trinajstić information content (AvgIpc) is 2.55. The fourth-order valence-corrected chi connectivity index (χ4v) is 5.40. The Balaban J connectivity index is 2.34. The van der Waals surface area contributed by atoms with Crippen molar-refractivity contribution in [2.75, 3.05) is 0 Å². The van der Waals surface area contributed by atoms with Gasteiger partial charge in [-0.2, -0.15) is 5.26 Å². The van der Waals surface area contributed by atoms with Crippen molar-refractivity contribution in [2.45, 2.75) is 37.9 Å². The van der Waals surface area contributed by atoms with Gasteiger partial charge in [0.05, 0.1) is 16.2 Å². The molecule has 0 saturated carbocycles. The van der Waals surface area contributed by atoms with Crippen molar-refractivity contribution in [2.24, 2.45) is 5.73 Å². The zero-order chi connectivity index (χ0) is 17.0. The van der Waals surface area contributed by atoms with Crippen molar-refractivity contribution in [3.63, 3.8) is 0 Å². The molecule has 1 unspecified atom stereocenters. The van der Waals surface area contributed by atoms with Gasteiger partial charge in [-0.05, 0) is 54.0 Å². The van der Waals surface area contributed by atoms with Gasteiger partial charge in [-0.1, -0.05) is 25.2 Å². The summed E-state index contributed by atoms with van der Waals surface area (Å²) in [5, 5.41) is 8.42. The van der Waals surface area contributed by atoms with E-state index >= 15 is 0 Å². The van der Waals surface area contributed by atoms with Gasteiger partial charge < -0.3 is 5.73 Å². The minimum Gasteiger partial charge on any atom is -0.401 e. The van der Waals surface area contributed by atoms with Gasteiger partial charge in [0.15, 0.2) is 9.84 Å². The van der Waals surface area contributed by atoms with Crippen LogP contribution in [0.3, 0.4) is 0 Å². The van der Waals surface area contributed by atoms with Crippen LogP contribution in [-0.2, 0) is 9.84 Å². The summed E-state index contributed by atoms with van der Waals surface area (Å²) in [6.07, 6.45) is 11.4. The highest BCUT2D eigenvalue weighted by molar-refractivity contribution is 14.1. The van der Waals surface area contributed by atoms with Crippen molar-refractivity contribution in [1.29, 1.82) is 5.26 Å². The van der Waals surface area contributed by atoms with Crippen LogP contribution < -0.4 is 5.73 Å². The topological polar surface area (TPSA) is 83.9 Å². The number of nitrogens with zero attached hydrogens (tertiary/aromatic N) is 1. The van der Waals surface area contributed by atoms with E-state index in [4.69, 9.17) is 11.0 Å². The van der Waals surface area contributed by atoms with Gasteiger partial charge in [0, 0.05) is 26.8 Å². The number of nitrogens with two attached hydrogens (primary N) is 1. The molecular weight excluding hydrogens is 423 g/mol. The molecule has 0 amide bonds. The molecule has 2 aliphatic carbocycles. The summed E-state index contributed by atoms with van der Waals surface area (Å²) < 4.78 is 26.3. The Morgan fingerprint density at radius 3 is 2.78 bits per heavy atom. The molecule has 0 radical (unpaired) electrons. The Hall–Kier alpha value is -1.33. The normalized spacial score (nSPS) is 22.5. The van der Waals surface area contributed by atoms with E-state index in [1.165, 1.54) is 0 Å². The number of sulfone groups is 1. The number of nitriles is 1. The first kappa shape index (κ1) is 18.0. The van der Waals surface area contributed by atoms with Gasteiger partial charge in [0.1, 0.15) is 0 Å². The number of hydrogen-bond donors (Lipinski definition) is 1. The molecule has 0 bridgehead atoms. The number of rotatable bonds is 4. The summed E-state index contributed by atoms with van der Waals surface area (Å²) in [5.41, 5.74) is 8.04. The molecule has 6 heteroatoms. The van der Waals surface area contributed by atoms with Crippen LogP contribution in [0.25, 0.3) is 0 Å². The second-order valence-electron chi connectivity index (χ2n) is 5.46. The summed E-state index contributed by atoms with van der Waals surface area (Å²) in [4.78, 5) is 0.382. The predicted molar refractivity (Wildman–Crippen MR) is 101 cm³/mol. The standard InChI is InChI=1S/C17H19IN2O2S/c1-2-12(11-19)8-15-16(18)9-14(10-17(15)20)23(21,22)13-6-4-3-5-7-13/h4,6-9,14H,2-3,5,10,20H2,1H3/b12-8+. The van der Waals surface area contributed by atoms with E-state index in [0.29, 0.717) is 22.6 Å². The highest BCUT2D eigenvalue weighted by Crippen LogP contribution is 2.34. The maximum atomic E-state index is 12.8. The molecule has 2 aliphatic rings. The Kier molecular flexibility index (Phi) is 5.87. The lowest BCUT2D eigenvalue weighted by atomic mass is 10.0. The molecule has 0 aromatic rings. The molecule has 2 N–H and O–H groups in total. The third kappa shape index (κ3) is 3.96. The Morgan fingerprint density at radius 1 is 1.52 bits per heavy atom. The third-order valence-corrected chi connectivity index (χ3v) is 6.89. The second kappa shape index (κ2) is 7.49. The van der Waals surface area contributed by atoms with Crippen molar-refractivity contribution < 1.29 is 8.42 Å². The van der Waals surface area contributed by atoms with Crippen LogP contribution in [0.5, 0.6) is 0 Å². The maximum Gasteiger partial charge on any atom is 0.184 e. The molecular formula is C17H19IN2O2S. The fourth-order valence-electron chi connectivity index (χ4n) is 2.52. The summed E-state index contributed by atoms with van der Waals surface area (Å²) in [5.74, 6) is 0. The molecule has 0 aliphatic heterocycles. The van der Waals surface area contributed by atoms with Crippen LogP contribution in [0.1, 0.15) is 32.6 Å². The summed E-state index contributed by atoms with van der Waals surface area (Å²) in [7, 11) is -3.42. The van der Waals surface area contributed by atoms with Gasteiger partial charge >= 0.3 is 0 Å². The Morgan fingerprint density at radius 2 is 2.26 bits per heavy atom. The molecule has 2 rings (SSSR count). The van der Waals surface area contributed by atoms with Crippen LogP contribution in [-0.4, -0.2) is 13.7 Å². The molecule has 122 valence electrons. The van der Waals surface area contributed by atoms with E-state index < -0.39 is 15.1 Å². The molecule has 0 aromatic carbocycles. The monoisotopic (exact) mass is 442 g/mol. The first-order valence-electron chi connectivity index (χ1n) is 7.47. The zero-order valence-electron chi connectivity index (χ0n) is 12.9. The number of allylic oxidation sites excluding steroid dienone is 8. The molecule has 1 atom stereocenters. The Labute approximate surface area is 151 Å². The number of halogens is 1. The minimum absolute atomic E-state index is 0.258. The molecule has 4 nitrogen and oxygen atoms in total. The second-order valence-corrected chi connectivity index (χ2v) is 8.79. The molecule has 0 saturated heterocycles. The lowest BCUT2D eigenvalue weighted by molar-refractivity contribution is 0.593. The van der Waals surface area contributed by atoms with Crippen LogP contribution >= 0.6 is 22.6 Å². The van der Waals surface area contributed by atoms with Gasteiger partial charge in [0.25, 0.3) is 0 Å². The quantitative estimate of drug-likeness (QED) is 0.530. The van der Waals surface area contributed by atoms with Crippen molar-refractivity contribution in [3.8, 4) is 6.07 Å². The van der Waals surface area contributed by atoms with E-state index in [2.05, 4.69) is 28.7 Å². The molecule has 0 spiro atoms. The zero-order valence-corrected chi connectivity index (χ0v) is 15.9. The highest BCUT2D eigenvalue weighted by atomic mass is 127. The molecule has 0 fully saturated rings. The smallest absolute Gasteiger partial charge is 0.184 e. The molecule has 23 heavy (non-hydrogen) atoms. The van der Waals surface area contributed by atoms with E-state index in [1.807, 2.05) is 13.0 Å². The van der Waals surface area contributed by atoms with Gasteiger partial charge in [0.2, 0.25) is 0 Å².